The first-order valence-corrected chi connectivity index (χ1v) is 7.51. The first-order valence-electron chi connectivity index (χ1n) is 7.51. The maximum Gasteiger partial charge on any atom is 0.137 e. The van der Waals surface area contributed by atoms with E-state index in [2.05, 4.69) is 0 Å². The second-order valence-corrected chi connectivity index (χ2v) is 5.12. The molecule has 0 fully saturated rings. The summed E-state index contributed by atoms with van der Waals surface area (Å²) in [7, 11) is 0. The van der Waals surface area contributed by atoms with Crippen LogP contribution in [0.4, 0.5) is 0 Å². The lowest BCUT2D eigenvalue weighted by atomic mass is 10.0. The first kappa shape index (κ1) is 18.8. The van der Waals surface area contributed by atoms with Gasteiger partial charge in [-0.15, -0.1) is 0 Å². The van der Waals surface area contributed by atoms with Crippen molar-refractivity contribution in [2.45, 2.75) is 12.8 Å². The van der Waals surface area contributed by atoms with E-state index in [-0.39, 0.29) is 0 Å². The molecule has 0 amide bonds. The molecule has 0 aliphatic rings. The van der Waals surface area contributed by atoms with E-state index in [9.17, 15) is 9.59 Å². The van der Waals surface area contributed by atoms with Crippen molar-refractivity contribution in [2.24, 2.45) is 11.8 Å². The molecular formula is C20H18N2O2. The van der Waals surface area contributed by atoms with Crippen LogP contribution in [0.1, 0.15) is 11.1 Å². The Morgan fingerprint density at radius 1 is 0.708 bits per heavy atom. The molecule has 2 aromatic carbocycles. The average molecular weight is 318 g/mol. The van der Waals surface area contributed by atoms with Crippen LogP contribution >= 0.6 is 0 Å². The van der Waals surface area contributed by atoms with Gasteiger partial charge in [0.05, 0.1) is 12.1 Å². The van der Waals surface area contributed by atoms with Crippen molar-refractivity contribution in [3.63, 3.8) is 0 Å². The zero-order valence-electron chi connectivity index (χ0n) is 13.2. The minimum Gasteiger partial charge on any atom is -0.302 e. The van der Waals surface area contributed by atoms with Crippen LogP contribution in [-0.2, 0) is 22.4 Å². The molecule has 0 aliphatic carbocycles. The predicted octanol–water partition coefficient (Wildman–Crippen LogP) is 3.14. The molecule has 0 saturated carbocycles. The molecule has 0 radical (unpaired) electrons. The minimum absolute atomic E-state index is 0.507. The monoisotopic (exact) mass is 318 g/mol. The fourth-order valence-corrected chi connectivity index (χ4v) is 1.98. The highest BCUT2D eigenvalue weighted by Gasteiger charge is 2.05. The van der Waals surface area contributed by atoms with Gasteiger partial charge in [-0.3, -0.25) is 0 Å². The molecule has 4 heteroatoms. The quantitative estimate of drug-likeness (QED) is 0.766. The third-order valence-corrected chi connectivity index (χ3v) is 3.26. The summed E-state index contributed by atoms with van der Waals surface area (Å²) in [6.45, 7) is 0. The zero-order chi connectivity index (χ0) is 17.6. The number of hydrogen-bond acceptors (Lipinski definition) is 4. The summed E-state index contributed by atoms with van der Waals surface area (Å²) in [6, 6.07) is 22.9. The van der Waals surface area contributed by atoms with E-state index in [0.717, 1.165) is 11.1 Å². The number of rotatable bonds is 6. The van der Waals surface area contributed by atoms with Crippen molar-refractivity contribution in [2.75, 3.05) is 0 Å². The first-order chi connectivity index (χ1) is 11.7. The normalized spacial score (nSPS) is 11.6. The standard InChI is InChI=1S/2C10H9NO/c2*11-7-10(8-12)6-9-4-2-1-3-5-9/h2*1-5,8,10H,6H2. The number of carbonyl (C=O) groups is 2. The Balaban J connectivity index is 0.000000240. The van der Waals surface area contributed by atoms with Crippen molar-refractivity contribution in [3.05, 3.63) is 71.8 Å². The maximum atomic E-state index is 10.3. The van der Waals surface area contributed by atoms with Gasteiger partial charge in [0.2, 0.25) is 0 Å². The van der Waals surface area contributed by atoms with Crippen LogP contribution in [0.5, 0.6) is 0 Å². The fourth-order valence-electron chi connectivity index (χ4n) is 1.98. The molecule has 0 heterocycles. The van der Waals surface area contributed by atoms with Crippen LogP contribution in [0, 0.1) is 34.5 Å². The largest absolute Gasteiger partial charge is 0.302 e. The highest BCUT2D eigenvalue weighted by molar-refractivity contribution is 5.58. The molecule has 0 aliphatic heterocycles. The maximum absolute atomic E-state index is 10.3. The smallest absolute Gasteiger partial charge is 0.137 e. The lowest BCUT2D eigenvalue weighted by molar-refractivity contribution is -0.110. The fraction of sp³-hybridized carbons (Fsp3) is 0.200. The van der Waals surface area contributed by atoms with E-state index < -0.39 is 11.8 Å². The summed E-state index contributed by atoms with van der Waals surface area (Å²) in [5, 5.41) is 17.0. The van der Waals surface area contributed by atoms with Crippen LogP contribution in [0.2, 0.25) is 0 Å². The van der Waals surface area contributed by atoms with Gasteiger partial charge in [-0.05, 0) is 24.0 Å². The van der Waals surface area contributed by atoms with E-state index in [1.807, 2.05) is 72.8 Å². The van der Waals surface area contributed by atoms with Crippen LogP contribution in [0.15, 0.2) is 60.7 Å². The summed E-state index contributed by atoms with van der Waals surface area (Å²) in [5.41, 5.74) is 2.05. The summed E-state index contributed by atoms with van der Waals surface area (Å²) in [5.74, 6) is -1.01. The van der Waals surface area contributed by atoms with Gasteiger partial charge < -0.3 is 9.59 Å². The van der Waals surface area contributed by atoms with Crippen LogP contribution < -0.4 is 0 Å². The van der Waals surface area contributed by atoms with Crippen LogP contribution in [0.25, 0.3) is 0 Å². The second kappa shape index (κ2) is 11.3. The number of carbonyl (C=O) groups excluding carboxylic acids is 2. The molecule has 2 unspecified atom stereocenters. The van der Waals surface area contributed by atoms with Crippen molar-refractivity contribution < 1.29 is 9.59 Å². The summed E-state index contributed by atoms with van der Waals surface area (Å²) in [6.07, 6.45) is 2.40. The number of nitrogens with zero attached hydrogens (tertiary/aromatic N) is 2. The Bertz CT molecular complexity index is 636. The summed E-state index contributed by atoms with van der Waals surface area (Å²) in [4.78, 5) is 20.6. The average Bonchev–Trinajstić information content (AvgIpc) is 2.66. The molecule has 0 spiro atoms. The van der Waals surface area contributed by atoms with E-state index in [1.54, 1.807) is 0 Å². The third kappa shape index (κ3) is 7.15. The van der Waals surface area contributed by atoms with E-state index >= 15 is 0 Å². The van der Waals surface area contributed by atoms with E-state index in [0.29, 0.717) is 25.4 Å². The number of benzene rings is 2. The SMILES string of the molecule is N#CC(C=O)Cc1ccccc1.N#CC(C=O)Cc1ccccc1. The molecule has 24 heavy (non-hydrogen) atoms. The van der Waals surface area contributed by atoms with Crippen LogP contribution in [-0.4, -0.2) is 12.6 Å². The lowest BCUT2D eigenvalue weighted by Gasteiger charge is -1.99. The Morgan fingerprint density at radius 2 is 1.04 bits per heavy atom. The molecule has 2 atom stereocenters. The van der Waals surface area contributed by atoms with Crippen molar-refractivity contribution >= 4 is 12.6 Å². The minimum atomic E-state index is -0.507. The van der Waals surface area contributed by atoms with E-state index in [4.69, 9.17) is 10.5 Å². The number of aldehydes is 2. The Hall–Kier alpha value is -3.24. The molecule has 2 rings (SSSR count). The molecule has 0 N–H and O–H groups in total. The lowest BCUT2D eigenvalue weighted by Crippen LogP contribution is -2.02. The van der Waals surface area contributed by atoms with Crippen molar-refractivity contribution in [1.29, 1.82) is 10.5 Å². The molecule has 2 aromatic rings. The number of nitriles is 2. The van der Waals surface area contributed by atoms with Crippen LogP contribution in [0.3, 0.4) is 0 Å². The highest BCUT2D eigenvalue weighted by Crippen LogP contribution is 2.06. The van der Waals surface area contributed by atoms with Crippen molar-refractivity contribution in [3.8, 4) is 12.1 Å². The molecule has 0 bridgehead atoms. The molecule has 120 valence electrons. The Kier molecular flexibility index (Phi) is 8.89. The third-order valence-electron chi connectivity index (χ3n) is 3.26. The molecular weight excluding hydrogens is 300 g/mol. The van der Waals surface area contributed by atoms with Gasteiger partial charge in [0.15, 0.2) is 0 Å². The van der Waals surface area contributed by atoms with Gasteiger partial charge in [0.25, 0.3) is 0 Å². The van der Waals surface area contributed by atoms with Gasteiger partial charge >= 0.3 is 0 Å². The Labute approximate surface area is 142 Å². The van der Waals surface area contributed by atoms with Gasteiger partial charge in [0.1, 0.15) is 24.4 Å². The molecule has 4 nitrogen and oxygen atoms in total. The topological polar surface area (TPSA) is 81.7 Å². The zero-order valence-corrected chi connectivity index (χ0v) is 13.2. The van der Waals surface area contributed by atoms with Gasteiger partial charge in [-0.1, -0.05) is 60.7 Å². The Morgan fingerprint density at radius 3 is 1.29 bits per heavy atom. The number of hydrogen-bond donors (Lipinski definition) is 0. The van der Waals surface area contributed by atoms with Gasteiger partial charge in [0, 0.05) is 0 Å². The summed E-state index contributed by atoms with van der Waals surface area (Å²) < 4.78 is 0. The van der Waals surface area contributed by atoms with Gasteiger partial charge in [-0.25, -0.2) is 0 Å². The van der Waals surface area contributed by atoms with Crippen molar-refractivity contribution in [1.82, 2.24) is 0 Å². The summed E-state index contributed by atoms with van der Waals surface area (Å²) >= 11 is 0. The van der Waals surface area contributed by atoms with E-state index in [1.165, 1.54) is 0 Å². The molecule has 0 saturated heterocycles. The second-order valence-electron chi connectivity index (χ2n) is 5.12. The highest BCUT2D eigenvalue weighted by atomic mass is 16.1. The molecule has 0 aromatic heterocycles. The van der Waals surface area contributed by atoms with Gasteiger partial charge in [-0.2, -0.15) is 10.5 Å². The predicted molar refractivity (Wildman–Crippen MR) is 90.6 cm³/mol.